The topological polar surface area (TPSA) is 78.8 Å². The van der Waals surface area contributed by atoms with E-state index in [2.05, 4.69) is 55.3 Å². The van der Waals surface area contributed by atoms with Gasteiger partial charge >= 0.3 is 5.97 Å². The third-order valence-corrected chi connectivity index (χ3v) is 5.60. The molecule has 1 aliphatic heterocycles. The lowest BCUT2D eigenvalue weighted by Gasteiger charge is -2.23. The molecule has 0 radical (unpaired) electrons. The van der Waals surface area contributed by atoms with Gasteiger partial charge in [-0.2, -0.15) is 0 Å². The summed E-state index contributed by atoms with van der Waals surface area (Å²) in [7, 11) is 1.80. The molecule has 1 unspecified atom stereocenters. The number of thioether (sulfide) groups is 1. The third kappa shape index (κ3) is 7.59. The average molecular weight is 391 g/mol. The number of carbonyl (C=O) groups excluding carboxylic acids is 1. The number of allylic oxidation sites excluding steroid dienone is 1. The molecule has 27 heavy (non-hydrogen) atoms. The van der Waals surface area contributed by atoms with Crippen molar-refractivity contribution in [2.75, 3.05) is 7.05 Å². The molecule has 0 aliphatic carbocycles. The maximum atomic E-state index is 11.2. The Bertz CT molecular complexity index is 694. The van der Waals surface area contributed by atoms with Gasteiger partial charge in [0.2, 0.25) is 5.91 Å². The quantitative estimate of drug-likeness (QED) is 0.707. The van der Waals surface area contributed by atoms with Gasteiger partial charge in [0.05, 0.1) is 11.4 Å². The number of hydrogen-bond donors (Lipinski definition) is 2. The predicted octanol–water partition coefficient (Wildman–Crippen LogP) is 4.37. The number of benzene rings is 1. The van der Waals surface area contributed by atoms with Crippen LogP contribution in [-0.2, 0) is 15.0 Å². The summed E-state index contributed by atoms with van der Waals surface area (Å²) in [6, 6.07) is 8.64. The number of carboxylic acids is 1. The second kappa shape index (κ2) is 10.9. The van der Waals surface area contributed by atoms with Crippen molar-refractivity contribution in [3.05, 3.63) is 46.5 Å². The van der Waals surface area contributed by atoms with Crippen LogP contribution in [-0.4, -0.2) is 35.5 Å². The van der Waals surface area contributed by atoms with Gasteiger partial charge in [-0.3, -0.25) is 14.6 Å². The Kier molecular flexibility index (Phi) is 9.29. The summed E-state index contributed by atoms with van der Waals surface area (Å²) in [6.07, 6.45) is 5.64. The lowest BCUT2D eigenvalue weighted by molar-refractivity contribution is -0.138. The number of rotatable bonds is 6. The highest BCUT2D eigenvalue weighted by molar-refractivity contribution is 8.04. The summed E-state index contributed by atoms with van der Waals surface area (Å²) in [5, 5.41) is 11.4. The number of nitrogens with one attached hydrogen (secondary N) is 1. The maximum Gasteiger partial charge on any atom is 0.305 e. The fourth-order valence-electron chi connectivity index (χ4n) is 2.39. The van der Waals surface area contributed by atoms with Crippen molar-refractivity contribution >= 4 is 29.9 Å². The minimum atomic E-state index is -0.939. The van der Waals surface area contributed by atoms with E-state index in [0.717, 1.165) is 17.9 Å². The van der Waals surface area contributed by atoms with Crippen LogP contribution >= 0.6 is 11.8 Å². The number of aliphatic carboxylic acids is 1. The van der Waals surface area contributed by atoms with E-state index in [1.807, 2.05) is 19.2 Å². The summed E-state index contributed by atoms with van der Waals surface area (Å²) in [5.41, 5.74) is 2.85. The van der Waals surface area contributed by atoms with Gasteiger partial charge in [-0.1, -0.05) is 69.8 Å². The summed E-state index contributed by atoms with van der Waals surface area (Å²) in [5.74, 6) is -1.14. The van der Waals surface area contributed by atoms with Gasteiger partial charge in [0.15, 0.2) is 0 Å². The molecule has 0 aromatic heterocycles. The number of carbonyl (C=O) groups is 2. The Labute approximate surface area is 166 Å². The zero-order valence-corrected chi connectivity index (χ0v) is 17.6. The van der Waals surface area contributed by atoms with Crippen molar-refractivity contribution in [2.24, 2.45) is 4.99 Å². The van der Waals surface area contributed by atoms with Crippen LogP contribution in [0.4, 0.5) is 0 Å². The van der Waals surface area contributed by atoms with E-state index in [1.165, 1.54) is 22.9 Å². The highest BCUT2D eigenvalue weighted by atomic mass is 32.2. The van der Waals surface area contributed by atoms with Gasteiger partial charge in [0.1, 0.15) is 5.25 Å². The number of aliphatic imine (C=N–C) groups is 1. The number of amides is 1. The molecule has 0 bridgehead atoms. The molecule has 2 rings (SSSR count). The first-order valence-corrected chi connectivity index (χ1v) is 10.0. The monoisotopic (exact) mass is 390 g/mol. The van der Waals surface area contributed by atoms with Crippen molar-refractivity contribution in [1.29, 1.82) is 0 Å². The van der Waals surface area contributed by atoms with E-state index in [1.54, 1.807) is 7.05 Å². The normalized spacial score (nSPS) is 18.3. The lowest BCUT2D eigenvalue weighted by atomic mass is 9.82. The Morgan fingerprint density at radius 3 is 2.41 bits per heavy atom. The van der Waals surface area contributed by atoms with Crippen LogP contribution in [0.3, 0.4) is 0 Å². The molecule has 1 aromatic rings. The van der Waals surface area contributed by atoms with Crippen LogP contribution in [0.2, 0.25) is 0 Å². The molecule has 1 saturated heterocycles. The Hall–Kier alpha value is -2.08. The van der Waals surface area contributed by atoms with Crippen molar-refractivity contribution in [2.45, 2.75) is 57.6 Å². The highest BCUT2D eigenvalue weighted by Crippen LogP contribution is 2.29. The molecule has 1 aliphatic rings. The van der Waals surface area contributed by atoms with Crippen molar-refractivity contribution < 1.29 is 14.7 Å². The second-order valence-electron chi connectivity index (χ2n) is 6.92. The number of carboxylic acid groups (broad SMARTS) is 1. The minimum Gasteiger partial charge on any atom is -0.481 e. The van der Waals surface area contributed by atoms with E-state index in [4.69, 9.17) is 5.11 Å². The molecule has 5 nitrogen and oxygen atoms in total. The van der Waals surface area contributed by atoms with Crippen LogP contribution in [0, 0.1) is 0 Å². The standard InChI is InChI=1S/C13H19N.C8H11NO3S/c1-5-13(2,3)12-8-6-11(7-9-12)10-14-4;1-2-3-6-9-8(12)5(13-6)4-7(10)11/h6-10H,5H2,1-4H3;3,5H,2,4H2,1H3,(H,9,12)(H,10,11)/b;6-3-. The van der Waals surface area contributed by atoms with E-state index in [-0.39, 0.29) is 17.7 Å². The van der Waals surface area contributed by atoms with Gasteiger partial charge in [0.25, 0.3) is 0 Å². The molecule has 1 fully saturated rings. The SMILES string of the molecule is CC/C=C1/NC(=O)C(CC(=O)O)S1.CCC(C)(C)c1ccc(C=NC)cc1. The van der Waals surface area contributed by atoms with Gasteiger partial charge in [-0.25, -0.2) is 0 Å². The molecule has 0 spiro atoms. The van der Waals surface area contributed by atoms with Gasteiger partial charge < -0.3 is 10.4 Å². The van der Waals surface area contributed by atoms with Gasteiger partial charge in [0, 0.05) is 13.3 Å². The molecular formula is C21H30N2O3S. The van der Waals surface area contributed by atoms with Crippen LogP contribution in [0.25, 0.3) is 0 Å². The Morgan fingerprint density at radius 2 is 1.93 bits per heavy atom. The van der Waals surface area contributed by atoms with Crippen LogP contribution < -0.4 is 5.32 Å². The second-order valence-corrected chi connectivity index (χ2v) is 8.16. The fourth-order valence-corrected chi connectivity index (χ4v) is 3.51. The molecule has 2 N–H and O–H groups in total. The third-order valence-electron chi connectivity index (χ3n) is 4.41. The number of hydrogen-bond acceptors (Lipinski definition) is 4. The molecule has 1 amide bonds. The zero-order valence-electron chi connectivity index (χ0n) is 16.8. The molecule has 148 valence electrons. The van der Waals surface area contributed by atoms with Crippen LogP contribution in [0.1, 0.15) is 58.1 Å². The fraction of sp³-hybridized carbons (Fsp3) is 0.476. The summed E-state index contributed by atoms with van der Waals surface area (Å²) in [6.45, 7) is 8.73. The van der Waals surface area contributed by atoms with E-state index in [0.29, 0.717) is 0 Å². The number of nitrogens with zero attached hydrogens (tertiary/aromatic N) is 1. The molecule has 1 heterocycles. The van der Waals surface area contributed by atoms with Gasteiger partial charge in [-0.05, 0) is 29.4 Å². The van der Waals surface area contributed by atoms with E-state index in [9.17, 15) is 9.59 Å². The zero-order chi connectivity index (χ0) is 20.4. The summed E-state index contributed by atoms with van der Waals surface area (Å²) >= 11 is 1.29. The molecule has 1 atom stereocenters. The average Bonchev–Trinajstić information content (AvgIpc) is 2.95. The first-order valence-electron chi connectivity index (χ1n) is 9.15. The first-order chi connectivity index (χ1) is 12.7. The Balaban J connectivity index is 0.000000271. The predicted molar refractivity (Wildman–Crippen MR) is 113 cm³/mol. The molecular weight excluding hydrogens is 360 g/mol. The van der Waals surface area contributed by atoms with Crippen molar-refractivity contribution in [1.82, 2.24) is 5.32 Å². The van der Waals surface area contributed by atoms with Crippen molar-refractivity contribution in [3.63, 3.8) is 0 Å². The highest BCUT2D eigenvalue weighted by Gasteiger charge is 2.30. The summed E-state index contributed by atoms with van der Waals surface area (Å²) in [4.78, 5) is 25.5. The van der Waals surface area contributed by atoms with Crippen LogP contribution in [0.15, 0.2) is 40.4 Å². The van der Waals surface area contributed by atoms with Crippen molar-refractivity contribution in [3.8, 4) is 0 Å². The lowest BCUT2D eigenvalue weighted by Crippen LogP contribution is -2.24. The maximum absolute atomic E-state index is 11.2. The van der Waals surface area contributed by atoms with Gasteiger partial charge in [-0.15, -0.1) is 0 Å². The smallest absolute Gasteiger partial charge is 0.305 e. The molecule has 1 aromatic carbocycles. The van der Waals surface area contributed by atoms with Crippen LogP contribution in [0.5, 0.6) is 0 Å². The van der Waals surface area contributed by atoms with E-state index >= 15 is 0 Å². The molecule has 6 heteroatoms. The minimum absolute atomic E-state index is 0.114. The molecule has 0 saturated carbocycles. The largest absolute Gasteiger partial charge is 0.481 e. The first kappa shape index (κ1) is 23.0. The Morgan fingerprint density at radius 1 is 1.30 bits per heavy atom. The summed E-state index contributed by atoms with van der Waals surface area (Å²) < 4.78 is 0. The van der Waals surface area contributed by atoms with E-state index < -0.39 is 11.2 Å².